The molecule has 52 valence electrons. The summed E-state index contributed by atoms with van der Waals surface area (Å²) in [4.78, 5) is 12.2. The standard InChI is InChI=1S/C5H8ClNO2/c6-1-2-7-3-4-9-5(7)8/h1-4H2. The molecule has 0 N–H and O–H groups in total. The minimum atomic E-state index is -0.240. The molecule has 1 fully saturated rings. The number of ether oxygens (including phenoxy) is 1. The fourth-order valence-electron chi connectivity index (χ4n) is 0.731. The molecule has 1 heterocycles. The van der Waals surface area contributed by atoms with Gasteiger partial charge in [0.1, 0.15) is 6.61 Å². The van der Waals surface area contributed by atoms with Crippen LogP contribution >= 0.6 is 11.6 Å². The van der Waals surface area contributed by atoms with Gasteiger partial charge in [-0.15, -0.1) is 11.6 Å². The van der Waals surface area contributed by atoms with E-state index in [1.165, 1.54) is 0 Å². The van der Waals surface area contributed by atoms with Crippen molar-refractivity contribution in [2.45, 2.75) is 0 Å². The Balaban J connectivity index is 2.31. The summed E-state index contributed by atoms with van der Waals surface area (Å²) in [5, 5.41) is 0. The lowest BCUT2D eigenvalue weighted by Gasteiger charge is -2.07. The van der Waals surface area contributed by atoms with E-state index in [2.05, 4.69) is 4.74 Å². The van der Waals surface area contributed by atoms with E-state index < -0.39 is 0 Å². The average molecular weight is 150 g/mol. The molecule has 1 rings (SSSR count). The molecular weight excluding hydrogens is 142 g/mol. The SMILES string of the molecule is O=C1OCCN1CCCl. The summed E-state index contributed by atoms with van der Waals surface area (Å²) in [6.45, 7) is 1.79. The molecule has 9 heavy (non-hydrogen) atoms. The molecule has 0 saturated carbocycles. The van der Waals surface area contributed by atoms with Crippen molar-refractivity contribution >= 4 is 17.7 Å². The normalized spacial score (nSPS) is 18.3. The summed E-state index contributed by atoms with van der Waals surface area (Å²) in [7, 11) is 0. The Hall–Kier alpha value is -0.440. The number of hydrogen-bond donors (Lipinski definition) is 0. The smallest absolute Gasteiger partial charge is 0.409 e. The van der Waals surface area contributed by atoms with Crippen LogP contribution in [0.1, 0.15) is 0 Å². The first kappa shape index (κ1) is 6.68. The summed E-state index contributed by atoms with van der Waals surface area (Å²) in [5.74, 6) is 0.481. The predicted molar refractivity (Wildman–Crippen MR) is 33.6 cm³/mol. The first-order valence-corrected chi connectivity index (χ1v) is 3.35. The van der Waals surface area contributed by atoms with Crippen molar-refractivity contribution < 1.29 is 9.53 Å². The van der Waals surface area contributed by atoms with Crippen molar-refractivity contribution in [2.75, 3.05) is 25.6 Å². The second kappa shape index (κ2) is 2.92. The quantitative estimate of drug-likeness (QED) is 0.541. The van der Waals surface area contributed by atoms with E-state index in [0.29, 0.717) is 25.6 Å². The van der Waals surface area contributed by atoms with Crippen molar-refractivity contribution in [2.24, 2.45) is 0 Å². The van der Waals surface area contributed by atoms with E-state index in [4.69, 9.17) is 11.6 Å². The second-order valence-corrected chi connectivity index (χ2v) is 2.17. The van der Waals surface area contributed by atoms with Crippen LogP contribution in [0.3, 0.4) is 0 Å². The average Bonchev–Trinajstić information content (AvgIpc) is 2.18. The first-order valence-electron chi connectivity index (χ1n) is 2.82. The minimum Gasteiger partial charge on any atom is -0.448 e. The molecule has 0 aromatic heterocycles. The number of nitrogens with zero attached hydrogens (tertiary/aromatic N) is 1. The number of carbonyl (C=O) groups excluding carboxylic acids is 1. The van der Waals surface area contributed by atoms with Gasteiger partial charge in [-0.2, -0.15) is 0 Å². The topological polar surface area (TPSA) is 29.5 Å². The summed E-state index contributed by atoms with van der Waals surface area (Å²) in [6, 6.07) is 0. The molecule has 3 nitrogen and oxygen atoms in total. The van der Waals surface area contributed by atoms with Crippen LogP contribution in [-0.4, -0.2) is 36.6 Å². The van der Waals surface area contributed by atoms with Gasteiger partial charge >= 0.3 is 6.09 Å². The molecule has 0 spiro atoms. The number of cyclic esters (lactones) is 1. The highest BCUT2D eigenvalue weighted by atomic mass is 35.5. The molecule has 0 radical (unpaired) electrons. The van der Waals surface area contributed by atoms with E-state index in [1.807, 2.05) is 0 Å². The van der Waals surface area contributed by atoms with Crippen LogP contribution in [0.15, 0.2) is 0 Å². The van der Waals surface area contributed by atoms with Gasteiger partial charge in [-0.05, 0) is 0 Å². The third-order valence-corrected chi connectivity index (χ3v) is 1.37. The molecule has 1 aliphatic heterocycles. The van der Waals surface area contributed by atoms with Gasteiger partial charge in [-0.25, -0.2) is 4.79 Å². The Bertz CT molecular complexity index is 118. The van der Waals surface area contributed by atoms with Gasteiger partial charge in [0.2, 0.25) is 0 Å². The number of halogens is 1. The largest absolute Gasteiger partial charge is 0.448 e. The fraction of sp³-hybridized carbons (Fsp3) is 0.800. The van der Waals surface area contributed by atoms with Crippen LogP contribution in [0.4, 0.5) is 4.79 Å². The molecule has 0 unspecified atom stereocenters. The van der Waals surface area contributed by atoms with E-state index >= 15 is 0 Å². The highest BCUT2D eigenvalue weighted by molar-refractivity contribution is 6.18. The van der Waals surface area contributed by atoms with Gasteiger partial charge in [-0.3, -0.25) is 0 Å². The Kier molecular flexibility index (Phi) is 2.16. The van der Waals surface area contributed by atoms with Crippen molar-refractivity contribution in [3.05, 3.63) is 0 Å². The molecule has 1 saturated heterocycles. The van der Waals surface area contributed by atoms with Gasteiger partial charge in [0.05, 0.1) is 6.54 Å². The van der Waals surface area contributed by atoms with E-state index in [9.17, 15) is 4.79 Å². The zero-order valence-corrected chi connectivity index (χ0v) is 5.73. The second-order valence-electron chi connectivity index (χ2n) is 1.79. The van der Waals surface area contributed by atoms with Crippen LogP contribution < -0.4 is 0 Å². The van der Waals surface area contributed by atoms with Crippen molar-refractivity contribution in [3.63, 3.8) is 0 Å². The Morgan fingerprint density at radius 3 is 3.00 bits per heavy atom. The number of amides is 1. The van der Waals surface area contributed by atoms with Crippen LogP contribution in [0.2, 0.25) is 0 Å². The lowest BCUT2D eigenvalue weighted by atomic mass is 10.6. The van der Waals surface area contributed by atoms with E-state index in [-0.39, 0.29) is 6.09 Å². The molecule has 1 aliphatic rings. The maximum Gasteiger partial charge on any atom is 0.409 e. The van der Waals surface area contributed by atoms with Crippen LogP contribution in [0.25, 0.3) is 0 Å². The Labute approximate surface area is 58.5 Å². The maximum absolute atomic E-state index is 10.6. The Morgan fingerprint density at radius 1 is 1.78 bits per heavy atom. The van der Waals surface area contributed by atoms with Gasteiger partial charge in [0, 0.05) is 12.4 Å². The summed E-state index contributed by atoms with van der Waals surface area (Å²) in [6.07, 6.45) is -0.240. The highest BCUT2D eigenvalue weighted by Gasteiger charge is 2.20. The van der Waals surface area contributed by atoms with Crippen LogP contribution in [-0.2, 0) is 4.74 Å². The van der Waals surface area contributed by atoms with Gasteiger partial charge in [0.15, 0.2) is 0 Å². The van der Waals surface area contributed by atoms with Crippen molar-refractivity contribution in [1.82, 2.24) is 4.90 Å². The monoisotopic (exact) mass is 149 g/mol. The third kappa shape index (κ3) is 1.48. The highest BCUT2D eigenvalue weighted by Crippen LogP contribution is 2.01. The minimum absolute atomic E-state index is 0.240. The Morgan fingerprint density at radius 2 is 2.56 bits per heavy atom. The van der Waals surface area contributed by atoms with Gasteiger partial charge in [-0.1, -0.05) is 0 Å². The van der Waals surface area contributed by atoms with E-state index in [0.717, 1.165) is 0 Å². The number of alkyl halides is 1. The first-order chi connectivity index (χ1) is 4.34. The predicted octanol–water partition coefficient (Wildman–Crippen LogP) is 0.677. The number of carbonyl (C=O) groups is 1. The molecule has 0 aromatic rings. The molecule has 0 atom stereocenters. The lowest BCUT2D eigenvalue weighted by molar-refractivity contribution is 0.160. The zero-order valence-electron chi connectivity index (χ0n) is 4.97. The summed E-state index contributed by atoms with van der Waals surface area (Å²) >= 11 is 5.40. The van der Waals surface area contributed by atoms with Crippen molar-refractivity contribution in [1.29, 1.82) is 0 Å². The van der Waals surface area contributed by atoms with E-state index in [1.54, 1.807) is 4.90 Å². The number of hydrogen-bond acceptors (Lipinski definition) is 2. The van der Waals surface area contributed by atoms with Gasteiger partial charge < -0.3 is 9.64 Å². The molecule has 0 aliphatic carbocycles. The van der Waals surface area contributed by atoms with Gasteiger partial charge in [0.25, 0.3) is 0 Å². The molecular formula is C5H8ClNO2. The van der Waals surface area contributed by atoms with Crippen LogP contribution in [0.5, 0.6) is 0 Å². The van der Waals surface area contributed by atoms with Crippen molar-refractivity contribution in [3.8, 4) is 0 Å². The maximum atomic E-state index is 10.6. The summed E-state index contributed by atoms with van der Waals surface area (Å²) < 4.78 is 4.65. The third-order valence-electron chi connectivity index (χ3n) is 1.20. The number of rotatable bonds is 2. The molecule has 4 heteroatoms. The lowest BCUT2D eigenvalue weighted by Crippen LogP contribution is -2.26. The van der Waals surface area contributed by atoms with Crippen LogP contribution in [0, 0.1) is 0 Å². The fourth-order valence-corrected chi connectivity index (χ4v) is 0.935. The molecule has 1 amide bonds. The summed E-state index contributed by atoms with van der Waals surface area (Å²) in [5.41, 5.74) is 0. The molecule has 0 aromatic carbocycles. The molecule has 0 bridgehead atoms. The zero-order chi connectivity index (χ0) is 6.69.